The summed E-state index contributed by atoms with van der Waals surface area (Å²) in [4.78, 5) is 0. The minimum Gasteiger partial charge on any atom is -0.457 e. The molecule has 12 aromatic carbocycles. The fourth-order valence-electron chi connectivity index (χ4n) is 13.1. The number of hydrogen-bond acceptors (Lipinski definition) is 1. The van der Waals surface area contributed by atoms with Gasteiger partial charge in [0.05, 0.1) is 0 Å². The molecule has 1 nitrogen and oxygen atoms in total. The molecule has 1 aromatic heterocycles. The third kappa shape index (κ3) is 5.65. The van der Waals surface area contributed by atoms with E-state index in [0.717, 1.165) is 11.2 Å². The van der Waals surface area contributed by atoms with E-state index < -0.39 is 0 Å². The van der Waals surface area contributed by atoms with Gasteiger partial charge >= 0.3 is 0 Å². The van der Waals surface area contributed by atoms with Crippen LogP contribution in [0.2, 0.25) is 0 Å². The minimum atomic E-state index is 1.01. The summed E-state index contributed by atoms with van der Waals surface area (Å²) < 4.78 is 7.05. The Bertz CT molecular complexity index is 4400. The van der Waals surface area contributed by atoms with E-state index in [1.54, 1.807) is 0 Å². The van der Waals surface area contributed by atoms with Crippen molar-refractivity contribution in [2.24, 2.45) is 0 Å². The van der Waals surface area contributed by atoms with Gasteiger partial charge in [0.15, 0.2) is 0 Å². The SMILES string of the molecule is Bc1c(B)c(B)c(-c2cc(-c3c(B)c(B)c4oc5c(B)c(B)c(B)c(B)c5c4c3B)c(-c3ccc4ccc5cccc6ccc3c4c56)cc2-c2ccc3ccc4cccc5ccc2c3c45)c(B)c1B. The van der Waals surface area contributed by atoms with Gasteiger partial charge in [0.2, 0.25) is 0 Å². The highest BCUT2D eigenvalue weighted by atomic mass is 16.3. The lowest BCUT2D eigenvalue weighted by molar-refractivity contribution is 0.675. The van der Waals surface area contributed by atoms with Gasteiger partial charge in [-0.15, -0.1) is 21.9 Å². The third-order valence-corrected chi connectivity index (χ3v) is 17.7. The topological polar surface area (TPSA) is 13.1 Å². The van der Waals surface area contributed by atoms with E-state index >= 15 is 0 Å². The zero-order valence-electron chi connectivity index (χ0n) is 42.0. The average Bonchev–Trinajstić information content (AvgIpc) is 3.78. The lowest BCUT2D eigenvalue weighted by Gasteiger charge is -2.27. The number of benzene rings is 12. The van der Waals surface area contributed by atoms with Crippen LogP contribution in [0.4, 0.5) is 0 Å². The van der Waals surface area contributed by atoms with Crippen molar-refractivity contribution in [3.05, 3.63) is 121 Å². The number of furan rings is 1. The predicted molar refractivity (Wildman–Crippen MR) is 341 cm³/mol. The first kappa shape index (κ1) is 42.4. The maximum Gasteiger partial charge on any atom is 0.143 e. The van der Waals surface area contributed by atoms with Crippen LogP contribution in [0.1, 0.15) is 0 Å². The van der Waals surface area contributed by atoms with Crippen molar-refractivity contribution in [1.82, 2.24) is 0 Å². The minimum absolute atomic E-state index is 1.01. The van der Waals surface area contributed by atoms with E-state index in [9.17, 15) is 0 Å². The van der Waals surface area contributed by atoms with Gasteiger partial charge in [0.1, 0.15) is 105 Å². The molecule has 310 valence electrons. The Hall–Kier alpha value is -6.70. The summed E-state index contributed by atoms with van der Waals surface area (Å²) in [5.74, 6) is 0. The molecule has 13 rings (SSSR count). The van der Waals surface area contributed by atoms with Crippen LogP contribution in [0.5, 0.6) is 0 Å². The van der Waals surface area contributed by atoms with E-state index in [2.05, 4.69) is 215 Å². The summed E-state index contributed by atoms with van der Waals surface area (Å²) in [6.45, 7) is 0. The molecule has 0 saturated heterocycles. The van der Waals surface area contributed by atoms with Crippen molar-refractivity contribution in [1.29, 1.82) is 0 Å². The second-order valence-electron chi connectivity index (χ2n) is 20.6. The molecule has 1 heterocycles. The molecule has 13 heteroatoms. The molecular weight excluding hydrogens is 818 g/mol. The second kappa shape index (κ2) is 14.9. The first-order valence-corrected chi connectivity index (χ1v) is 24.8. The summed E-state index contributed by atoms with van der Waals surface area (Å²) in [5.41, 5.74) is 27.9. The smallest absolute Gasteiger partial charge is 0.143 e. The van der Waals surface area contributed by atoms with Crippen LogP contribution in [-0.2, 0) is 0 Å². The zero-order valence-corrected chi connectivity index (χ0v) is 42.0. The molecule has 0 N–H and O–H groups in total. The molecule has 0 atom stereocenters. The highest BCUT2D eigenvalue weighted by molar-refractivity contribution is 6.70. The van der Waals surface area contributed by atoms with Crippen molar-refractivity contribution in [2.45, 2.75) is 0 Å². The van der Waals surface area contributed by atoms with Crippen LogP contribution in [-0.4, -0.2) is 94.2 Å². The predicted octanol–water partition coefficient (Wildman–Crippen LogP) is -4.85. The molecule has 0 aliphatic heterocycles. The summed E-state index contributed by atoms with van der Waals surface area (Å²) >= 11 is 0. The molecule has 0 fully saturated rings. The lowest BCUT2D eigenvalue weighted by Crippen LogP contribution is -2.55. The van der Waals surface area contributed by atoms with Gasteiger partial charge in [-0.2, -0.15) is 0 Å². The first-order valence-electron chi connectivity index (χ1n) is 24.8. The molecule has 0 spiro atoms. The van der Waals surface area contributed by atoms with Gasteiger partial charge in [-0.05, 0) is 121 Å². The zero-order chi connectivity index (χ0) is 47.6. The Morgan fingerprint density at radius 2 is 0.551 bits per heavy atom. The van der Waals surface area contributed by atoms with Gasteiger partial charge in [-0.1, -0.05) is 153 Å². The van der Waals surface area contributed by atoms with Gasteiger partial charge in [-0.3, -0.25) is 0 Å². The Labute approximate surface area is 414 Å². The second-order valence-corrected chi connectivity index (χ2v) is 20.6. The summed E-state index contributed by atoms with van der Waals surface area (Å²) in [6, 6.07) is 46.9. The third-order valence-electron chi connectivity index (χ3n) is 17.7. The first-order chi connectivity index (χ1) is 33.2. The van der Waals surface area contributed by atoms with Gasteiger partial charge in [0, 0.05) is 10.8 Å². The fourth-order valence-corrected chi connectivity index (χ4v) is 13.1. The van der Waals surface area contributed by atoms with Crippen molar-refractivity contribution in [3.8, 4) is 44.5 Å². The lowest BCUT2D eigenvalue weighted by atomic mass is 9.59. The highest BCUT2D eigenvalue weighted by Crippen LogP contribution is 2.48. The van der Waals surface area contributed by atoms with Crippen molar-refractivity contribution < 1.29 is 4.42 Å². The normalized spacial score (nSPS) is 12.2. The maximum absolute atomic E-state index is 7.05. The highest BCUT2D eigenvalue weighted by Gasteiger charge is 2.28. The van der Waals surface area contributed by atoms with E-state index in [-0.39, 0.29) is 0 Å². The van der Waals surface area contributed by atoms with Crippen LogP contribution in [0.25, 0.3) is 131 Å². The van der Waals surface area contributed by atoms with Crippen molar-refractivity contribution in [2.75, 3.05) is 0 Å². The van der Waals surface area contributed by atoms with Gasteiger partial charge < -0.3 is 4.42 Å². The van der Waals surface area contributed by atoms with E-state index in [0.29, 0.717) is 0 Å². The van der Waals surface area contributed by atoms with Gasteiger partial charge in [0.25, 0.3) is 0 Å². The molecular formula is C56H44B12O. The van der Waals surface area contributed by atoms with Crippen LogP contribution < -0.4 is 65.6 Å². The standard InChI is InChI=1S/C56H44B12O/c57-43-39(46(60)53(67)55-41(43)42-47(61)50(64)52(66)54(68)56(42)69-55)33-20-34(40-44(58)48(62)51(65)49(63)45(40)59)32(28-16-12-26-10-8-22-4-2-6-24-14-18-30(28)38(26)36(22)24)19-31(33)27-15-11-25-9-7-21-3-1-5-23-13-17-29(27)37(25)35(21)23/h1-20H,57-68H2. The molecule has 0 radical (unpaired) electrons. The fraction of sp³-hybridized carbons (Fsp3) is 0. The molecule has 0 aliphatic rings. The Morgan fingerprint density at radius 1 is 0.232 bits per heavy atom. The molecule has 13 aromatic rings. The van der Waals surface area contributed by atoms with Crippen LogP contribution in [0, 0.1) is 0 Å². The maximum atomic E-state index is 7.05. The number of hydrogen-bond donors (Lipinski definition) is 0. The van der Waals surface area contributed by atoms with Crippen LogP contribution in [0.15, 0.2) is 126 Å². The van der Waals surface area contributed by atoms with Crippen LogP contribution in [0.3, 0.4) is 0 Å². The van der Waals surface area contributed by atoms with E-state index in [1.165, 1.54) is 185 Å². The summed E-state index contributed by atoms with van der Waals surface area (Å²) in [6.07, 6.45) is 0. The Kier molecular flexibility index (Phi) is 9.16. The number of fused-ring (bicyclic) bond motifs is 3. The van der Waals surface area contributed by atoms with Crippen molar-refractivity contribution >= 4 is 246 Å². The Morgan fingerprint density at radius 3 is 1.03 bits per heavy atom. The summed E-state index contributed by atoms with van der Waals surface area (Å²) in [7, 11) is 27.7. The quantitative estimate of drug-likeness (QED) is 0.128. The van der Waals surface area contributed by atoms with Crippen LogP contribution >= 0.6 is 0 Å². The van der Waals surface area contributed by atoms with E-state index in [1.807, 2.05) is 0 Å². The molecule has 0 aliphatic carbocycles. The Balaban J connectivity index is 1.25. The van der Waals surface area contributed by atoms with E-state index in [4.69, 9.17) is 4.42 Å². The number of rotatable bonds is 4. The average molecular weight is 863 g/mol. The molecule has 0 bridgehead atoms. The van der Waals surface area contributed by atoms with Gasteiger partial charge in [-0.25, -0.2) is 0 Å². The monoisotopic (exact) mass is 864 g/mol. The summed E-state index contributed by atoms with van der Waals surface area (Å²) in [5, 5.41) is 18.1. The largest absolute Gasteiger partial charge is 0.457 e. The van der Waals surface area contributed by atoms with Crippen molar-refractivity contribution in [3.63, 3.8) is 0 Å². The molecule has 0 amide bonds. The molecule has 0 unspecified atom stereocenters. The molecule has 69 heavy (non-hydrogen) atoms. The molecule has 0 saturated carbocycles.